The third-order valence-corrected chi connectivity index (χ3v) is 11.6. The number of hydrogen-bond acceptors (Lipinski definition) is 10. The number of aromatic nitrogens is 3. The van der Waals surface area contributed by atoms with Crippen LogP contribution >= 0.6 is 20.6 Å². The van der Waals surface area contributed by atoms with Gasteiger partial charge in [0.1, 0.15) is 22.7 Å². The molecule has 3 aromatic heterocycles. The van der Waals surface area contributed by atoms with Crippen LogP contribution in [0.4, 0.5) is 15.2 Å². The van der Waals surface area contributed by atoms with Gasteiger partial charge in [-0.25, -0.2) is 14.4 Å². The SMILES string of the molecule is CC.CCCC.CCCC(Nc1nc(C(C)CCC2(CN(C)C)CC2)nc2c(P)c(-c3ncc(F)c4sc(N)c(C#N)c34)c3c(c12)COC3)C(C)=O. The summed E-state index contributed by atoms with van der Waals surface area (Å²) in [4.78, 5) is 29.9. The van der Waals surface area contributed by atoms with Gasteiger partial charge in [0, 0.05) is 34.1 Å². The second-order valence-electron chi connectivity index (χ2n) is 14.3. The molecule has 4 aromatic rings. The lowest BCUT2D eigenvalue weighted by atomic mass is 9.92. The molecule has 1 aliphatic carbocycles. The summed E-state index contributed by atoms with van der Waals surface area (Å²) in [6, 6.07) is 1.78. The summed E-state index contributed by atoms with van der Waals surface area (Å²) in [7, 11) is 7.09. The normalized spacial score (nSPS) is 15.3. The topological polar surface area (TPSA) is 130 Å². The van der Waals surface area contributed by atoms with Gasteiger partial charge in [0.15, 0.2) is 11.6 Å². The molecule has 1 aliphatic heterocycles. The maximum atomic E-state index is 15.0. The Labute approximate surface area is 315 Å². The zero-order valence-electron chi connectivity index (χ0n) is 32.5. The van der Waals surface area contributed by atoms with E-state index in [0.29, 0.717) is 58.0 Å². The van der Waals surface area contributed by atoms with Crippen LogP contribution in [-0.2, 0) is 22.7 Å². The number of hydrogen-bond donors (Lipinski definition) is 2. The number of nitriles is 1. The molecule has 1 fully saturated rings. The number of carbonyl (C=O) groups is 1. The van der Waals surface area contributed by atoms with Crippen LogP contribution in [0.1, 0.15) is 128 Å². The predicted molar refractivity (Wildman–Crippen MR) is 218 cm³/mol. The minimum absolute atomic E-state index is 0.0511. The summed E-state index contributed by atoms with van der Waals surface area (Å²) >= 11 is 1.05. The van der Waals surface area contributed by atoms with Gasteiger partial charge >= 0.3 is 0 Å². The Morgan fingerprint density at radius 1 is 1.13 bits per heavy atom. The molecule has 52 heavy (non-hydrogen) atoms. The summed E-state index contributed by atoms with van der Waals surface area (Å²) in [5.74, 6) is 0.936. The molecule has 3 N–H and O–H groups in total. The summed E-state index contributed by atoms with van der Waals surface area (Å²) in [6.45, 7) is 15.9. The minimum Gasteiger partial charge on any atom is -0.389 e. The van der Waals surface area contributed by atoms with Crippen LogP contribution in [0.3, 0.4) is 0 Å². The lowest BCUT2D eigenvalue weighted by Crippen LogP contribution is -2.28. The average molecular weight is 750 g/mol. The molecule has 12 heteroatoms. The average Bonchev–Trinajstić information content (AvgIpc) is 3.54. The number of pyridine rings is 1. The lowest BCUT2D eigenvalue weighted by Gasteiger charge is -2.24. The molecular weight excluding hydrogens is 693 g/mol. The number of halogens is 1. The molecule has 0 spiro atoms. The molecule has 4 heterocycles. The Balaban J connectivity index is 0.000000944. The van der Waals surface area contributed by atoms with Gasteiger partial charge in [0.25, 0.3) is 0 Å². The number of nitrogens with zero attached hydrogens (tertiary/aromatic N) is 5. The monoisotopic (exact) mass is 749 g/mol. The smallest absolute Gasteiger partial charge is 0.159 e. The number of nitrogen functional groups attached to an aromatic ring is 1. The number of unbranched alkanes of at least 4 members (excludes halogenated alkanes) is 1. The summed E-state index contributed by atoms with van der Waals surface area (Å²) < 4.78 is 21.3. The summed E-state index contributed by atoms with van der Waals surface area (Å²) in [5.41, 5.74) is 10.5. The molecule has 0 amide bonds. The zero-order chi connectivity index (χ0) is 38.3. The highest BCUT2D eigenvalue weighted by Gasteiger charge is 2.42. The molecule has 1 saturated carbocycles. The van der Waals surface area contributed by atoms with Crippen molar-refractivity contribution in [2.45, 2.75) is 125 Å². The van der Waals surface area contributed by atoms with Crippen molar-refractivity contribution in [2.24, 2.45) is 5.41 Å². The number of ketones is 1. The summed E-state index contributed by atoms with van der Waals surface area (Å²) in [6.07, 6.45) is 9.86. The fourth-order valence-corrected chi connectivity index (χ4v) is 8.36. The van der Waals surface area contributed by atoms with Crippen LogP contribution < -0.4 is 16.4 Å². The molecule has 0 bridgehead atoms. The number of Topliss-reactive ketones (excluding diaryl/α,β-unsaturated/α-hetero) is 1. The standard InChI is InChI=1S/C34H41FN7O2PS.C4H10.C2H6/c1-6-7-23(18(3)43)39-33-26-21-15-44-14-20(21)24(27-25-19(12-36)31(37)46-30(25)22(35)13-38-27)29(45)28(26)40-32(41-33)17(2)8-9-34(10-11-34)16-42(4)5;1-3-4-2;1-2/h13,17,23H,6-11,14-16,37,45H2,1-5H3,(H,39,40,41);3-4H2,1-2H3;1-2H3. The van der Waals surface area contributed by atoms with Crippen molar-refractivity contribution < 1.29 is 13.9 Å². The number of benzene rings is 1. The first-order valence-corrected chi connectivity index (χ1v) is 20.2. The Morgan fingerprint density at radius 2 is 1.81 bits per heavy atom. The van der Waals surface area contributed by atoms with E-state index in [2.05, 4.69) is 72.3 Å². The summed E-state index contributed by atoms with van der Waals surface area (Å²) in [5, 5.41) is 15.7. The highest BCUT2D eigenvalue weighted by molar-refractivity contribution is 7.29. The third-order valence-electron chi connectivity index (χ3n) is 9.99. The van der Waals surface area contributed by atoms with E-state index in [0.717, 1.165) is 64.5 Å². The second-order valence-corrected chi connectivity index (χ2v) is 15.9. The van der Waals surface area contributed by atoms with E-state index in [-0.39, 0.29) is 22.3 Å². The molecule has 9 nitrogen and oxygen atoms in total. The van der Waals surface area contributed by atoms with Crippen molar-refractivity contribution in [1.82, 2.24) is 19.9 Å². The number of anilines is 2. The van der Waals surface area contributed by atoms with Gasteiger partial charge in [-0.05, 0) is 69.7 Å². The van der Waals surface area contributed by atoms with Crippen LogP contribution in [0.5, 0.6) is 0 Å². The fourth-order valence-electron chi connectivity index (χ4n) is 6.92. The highest BCUT2D eigenvalue weighted by Crippen LogP contribution is 2.51. The van der Waals surface area contributed by atoms with Gasteiger partial charge in [-0.1, -0.05) is 60.8 Å². The van der Waals surface area contributed by atoms with E-state index < -0.39 is 11.9 Å². The number of carbonyl (C=O) groups excluding carboxylic acids is 1. The quantitative estimate of drug-likeness (QED) is 0.129. The van der Waals surface area contributed by atoms with Crippen molar-refractivity contribution in [3.63, 3.8) is 0 Å². The second kappa shape index (κ2) is 18.2. The Hall–Kier alpha value is -3.29. The Kier molecular flexibility index (Phi) is 14.5. The highest BCUT2D eigenvalue weighted by atomic mass is 32.1. The molecule has 0 radical (unpaired) electrons. The van der Waals surface area contributed by atoms with Gasteiger partial charge < -0.3 is 20.7 Å². The van der Waals surface area contributed by atoms with Crippen molar-refractivity contribution in [1.29, 1.82) is 5.26 Å². The molecule has 282 valence electrons. The van der Waals surface area contributed by atoms with E-state index in [1.807, 2.05) is 13.8 Å². The molecule has 2 aliphatic rings. The molecular formula is C40H57FN7O2PS. The first-order chi connectivity index (χ1) is 24.9. The molecule has 1 aromatic carbocycles. The maximum Gasteiger partial charge on any atom is 0.159 e. The first-order valence-electron chi connectivity index (χ1n) is 18.8. The van der Waals surface area contributed by atoms with Crippen LogP contribution in [-0.4, -0.2) is 52.3 Å². The van der Waals surface area contributed by atoms with Gasteiger partial charge in [-0.15, -0.1) is 20.6 Å². The number of fused-ring (bicyclic) bond motifs is 4. The largest absolute Gasteiger partial charge is 0.389 e. The molecule has 3 atom stereocenters. The van der Waals surface area contributed by atoms with Gasteiger partial charge in [0.05, 0.1) is 46.9 Å². The van der Waals surface area contributed by atoms with E-state index in [1.54, 1.807) is 6.92 Å². The van der Waals surface area contributed by atoms with Gasteiger partial charge in [-0.3, -0.25) is 9.78 Å². The van der Waals surface area contributed by atoms with Gasteiger partial charge in [-0.2, -0.15) is 5.26 Å². The van der Waals surface area contributed by atoms with Crippen LogP contribution in [0.15, 0.2) is 6.20 Å². The number of rotatable bonds is 13. The lowest BCUT2D eigenvalue weighted by molar-refractivity contribution is -0.117. The predicted octanol–water partition coefficient (Wildman–Crippen LogP) is 9.26. The number of nitrogens with two attached hydrogens (primary N) is 1. The van der Waals surface area contributed by atoms with Crippen molar-refractivity contribution >= 4 is 63.5 Å². The fraction of sp³-hybridized carbons (Fsp3) is 0.575. The van der Waals surface area contributed by atoms with E-state index in [1.165, 1.54) is 31.9 Å². The zero-order valence-corrected chi connectivity index (χ0v) is 34.5. The number of nitrogens with one attached hydrogen (secondary N) is 1. The van der Waals surface area contributed by atoms with Crippen molar-refractivity contribution in [2.75, 3.05) is 31.7 Å². The maximum absolute atomic E-state index is 15.0. The van der Waals surface area contributed by atoms with E-state index >= 15 is 4.39 Å². The number of ether oxygens (including phenoxy) is 1. The third kappa shape index (κ3) is 8.73. The Morgan fingerprint density at radius 3 is 2.38 bits per heavy atom. The van der Waals surface area contributed by atoms with Crippen molar-refractivity contribution in [3.8, 4) is 17.3 Å². The number of thiophene rings is 1. The van der Waals surface area contributed by atoms with Crippen LogP contribution in [0.2, 0.25) is 0 Å². The van der Waals surface area contributed by atoms with E-state index in [4.69, 9.17) is 20.4 Å². The Bertz CT molecular complexity index is 1930. The molecule has 0 saturated heterocycles. The first kappa shape index (κ1) is 41.5. The van der Waals surface area contributed by atoms with Gasteiger partial charge in [0.2, 0.25) is 0 Å². The molecule has 6 rings (SSSR count). The van der Waals surface area contributed by atoms with E-state index in [9.17, 15) is 10.1 Å². The molecule has 3 unspecified atom stereocenters. The van der Waals surface area contributed by atoms with Crippen LogP contribution in [0, 0.1) is 22.6 Å². The van der Waals surface area contributed by atoms with Crippen LogP contribution in [0.25, 0.3) is 32.2 Å². The minimum atomic E-state index is -0.519. The van der Waals surface area contributed by atoms with Crippen molar-refractivity contribution in [3.05, 3.63) is 34.5 Å².